The van der Waals surface area contributed by atoms with Gasteiger partial charge in [-0.3, -0.25) is 4.79 Å². The van der Waals surface area contributed by atoms with Crippen LogP contribution in [0.25, 0.3) is 0 Å². The standard InChI is InChI=1S/C14H18N2O4/c17-13(8-10-4-3-7-15-10)16-11-5-1-2-6-12(11)20-9-14(18)19/h1-2,5-6,10,15H,3-4,7-9H2,(H,16,17)(H,18,19). The van der Waals surface area contributed by atoms with Crippen LogP contribution in [0, 0.1) is 0 Å². The van der Waals surface area contributed by atoms with Crippen LogP contribution in [-0.4, -0.2) is 36.2 Å². The minimum atomic E-state index is -1.05. The average Bonchev–Trinajstić information content (AvgIpc) is 2.90. The molecule has 1 heterocycles. The van der Waals surface area contributed by atoms with Gasteiger partial charge in [-0.25, -0.2) is 4.79 Å². The number of carbonyl (C=O) groups excluding carboxylic acids is 1. The van der Waals surface area contributed by atoms with E-state index < -0.39 is 12.6 Å². The molecule has 1 atom stereocenters. The van der Waals surface area contributed by atoms with E-state index >= 15 is 0 Å². The van der Waals surface area contributed by atoms with E-state index in [1.54, 1.807) is 24.3 Å². The Labute approximate surface area is 117 Å². The van der Waals surface area contributed by atoms with Crippen molar-refractivity contribution >= 4 is 17.6 Å². The zero-order chi connectivity index (χ0) is 14.4. The van der Waals surface area contributed by atoms with Crippen molar-refractivity contribution in [1.82, 2.24) is 5.32 Å². The van der Waals surface area contributed by atoms with Crippen LogP contribution in [0.15, 0.2) is 24.3 Å². The number of rotatable bonds is 6. The lowest BCUT2D eigenvalue weighted by molar-refractivity contribution is -0.139. The van der Waals surface area contributed by atoms with Crippen LogP contribution in [0.5, 0.6) is 5.75 Å². The van der Waals surface area contributed by atoms with Crippen molar-refractivity contribution in [3.8, 4) is 5.75 Å². The van der Waals surface area contributed by atoms with Crippen molar-refractivity contribution in [1.29, 1.82) is 0 Å². The first kappa shape index (κ1) is 14.3. The van der Waals surface area contributed by atoms with Crippen molar-refractivity contribution in [2.24, 2.45) is 0 Å². The van der Waals surface area contributed by atoms with Gasteiger partial charge in [0.2, 0.25) is 5.91 Å². The molecule has 1 aliphatic heterocycles. The highest BCUT2D eigenvalue weighted by Crippen LogP contribution is 2.24. The molecule has 20 heavy (non-hydrogen) atoms. The summed E-state index contributed by atoms with van der Waals surface area (Å²) in [5.74, 6) is -0.792. The summed E-state index contributed by atoms with van der Waals surface area (Å²) >= 11 is 0. The highest BCUT2D eigenvalue weighted by atomic mass is 16.5. The molecule has 1 fully saturated rings. The van der Waals surface area contributed by atoms with Crippen LogP contribution >= 0.6 is 0 Å². The molecule has 1 amide bonds. The van der Waals surface area contributed by atoms with Crippen LogP contribution in [0.1, 0.15) is 19.3 Å². The molecule has 0 bridgehead atoms. The molecule has 1 saturated heterocycles. The summed E-state index contributed by atoms with van der Waals surface area (Å²) in [6.45, 7) is 0.521. The smallest absolute Gasteiger partial charge is 0.341 e. The van der Waals surface area contributed by atoms with Crippen LogP contribution in [0.4, 0.5) is 5.69 Å². The number of hydrogen-bond donors (Lipinski definition) is 3. The Morgan fingerprint density at radius 1 is 1.40 bits per heavy atom. The number of para-hydroxylation sites is 2. The maximum atomic E-state index is 11.9. The van der Waals surface area contributed by atoms with Gasteiger partial charge in [-0.1, -0.05) is 12.1 Å². The highest BCUT2D eigenvalue weighted by molar-refractivity contribution is 5.92. The molecule has 0 radical (unpaired) electrons. The number of anilines is 1. The van der Waals surface area contributed by atoms with Gasteiger partial charge in [0.1, 0.15) is 5.75 Å². The summed E-state index contributed by atoms with van der Waals surface area (Å²) in [5, 5.41) is 14.6. The molecule has 1 aromatic carbocycles. The first-order valence-corrected chi connectivity index (χ1v) is 6.62. The summed E-state index contributed by atoms with van der Waals surface area (Å²) < 4.78 is 5.14. The Morgan fingerprint density at radius 2 is 2.20 bits per heavy atom. The Balaban J connectivity index is 1.93. The minimum absolute atomic E-state index is 0.101. The van der Waals surface area contributed by atoms with E-state index in [1.807, 2.05) is 0 Å². The molecule has 1 aliphatic rings. The molecule has 1 unspecified atom stereocenters. The van der Waals surface area contributed by atoms with Gasteiger partial charge < -0.3 is 20.5 Å². The summed E-state index contributed by atoms with van der Waals surface area (Å²) in [7, 11) is 0. The Morgan fingerprint density at radius 3 is 2.90 bits per heavy atom. The normalized spacial score (nSPS) is 17.7. The summed E-state index contributed by atoms with van der Waals surface area (Å²) in [5.41, 5.74) is 0.497. The molecule has 3 N–H and O–H groups in total. The minimum Gasteiger partial charge on any atom is -0.480 e. The second-order valence-corrected chi connectivity index (χ2v) is 4.72. The van der Waals surface area contributed by atoms with Crippen LogP contribution < -0.4 is 15.4 Å². The van der Waals surface area contributed by atoms with E-state index in [4.69, 9.17) is 9.84 Å². The zero-order valence-electron chi connectivity index (χ0n) is 11.1. The fraction of sp³-hybridized carbons (Fsp3) is 0.429. The van der Waals surface area contributed by atoms with Gasteiger partial charge in [0.15, 0.2) is 6.61 Å². The van der Waals surface area contributed by atoms with Gasteiger partial charge in [0.25, 0.3) is 0 Å². The van der Waals surface area contributed by atoms with E-state index in [1.165, 1.54) is 0 Å². The monoisotopic (exact) mass is 278 g/mol. The summed E-state index contributed by atoms with van der Waals surface area (Å²) in [4.78, 5) is 22.5. The number of ether oxygens (including phenoxy) is 1. The summed E-state index contributed by atoms with van der Waals surface area (Å²) in [6, 6.07) is 7.04. The van der Waals surface area contributed by atoms with Crippen molar-refractivity contribution in [3.63, 3.8) is 0 Å². The van der Waals surface area contributed by atoms with Crippen molar-refractivity contribution in [3.05, 3.63) is 24.3 Å². The third-order valence-corrected chi connectivity index (χ3v) is 3.11. The number of carbonyl (C=O) groups is 2. The van der Waals surface area contributed by atoms with Gasteiger partial charge in [-0.2, -0.15) is 0 Å². The molecule has 1 aromatic rings. The Bertz CT molecular complexity index is 484. The largest absolute Gasteiger partial charge is 0.480 e. The predicted octanol–water partition coefficient (Wildman–Crippen LogP) is 1.23. The fourth-order valence-electron chi connectivity index (χ4n) is 2.19. The Kier molecular flexibility index (Phi) is 4.95. The van der Waals surface area contributed by atoms with E-state index in [9.17, 15) is 9.59 Å². The third kappa shape index (κ3) is 4.24. The van der Waals surface area contributed by atoms with Crippen LogP contribution in [0.2, 0.25) is 0 Å². The average molecular weight is 278 g/mol. The number of carboxylic acids is 1. The second kappa shape index (κ2) is 6.91. The zero-order valence-corrected chi connectivity index (χ0v) is 11.1. The van der Waals surface area contributed by atoms with Crippen LogP contribution in [0.3, 0.4) is 0 Å². The number of nitrogens with one attached hydrogen (secondary N) is 2. The maximum Gasteiger partial charge on any atom is 0.341 e. The van der Waals surface area contributed by atoms with Gasteiger partial charge in [0.05, 0.1) is 5.69 Å². The van der Waals surface area contributed by atoms with Crippen LogP contribution in [-0.2, 0) is 9.59 Å². The second-order valence-electron chi connectivity index (χ2n) is 4.72. The van der Waals surface area contributed by atoms with Gasteiger partial charge in [0, 0.05) is 12.5 Å². The number of carboxylic acid groups (broad SMARTS) is 1. The molecular formula is C14H18N2O4. The van der Waals surface area contributed by atoms with E-state index in [-0.39, 0.29) is 11.9 Å². The molecular weight excluding hydrogens is 260 g/mol. The molecule has 108 valence electrons. The lowest BCUT2D eigenvalue weighted by atomic mass is 10.1. The molecule has 6 heteroatoms. The lowest BCUT2D eigenvalue weighted by Gasteiger charge is -2.13. The van der Waals surface area contributed by atoms with Gasteiger partial charge in [-0.05, 0) is 31.5 Å². The fourth-order valence-corrected chi connectivity index (χ4v) is 2.19. The quantitative estimate of drug-likeness (QED) is 0.728. The molecule has 6 nitrogen and oxygen atoms in total. The summed E-state index contributed by atoms with van der Waals surface area (Å²) in [6.07, 6.45) is 2.51. The SMILES string of the molecule is O=C(O)COc1ccccc1NC(=O)CC1CCCN1. The maximum absolute atomic E-state index is 11.9. The lowest BCUT2D eigenvalue weighted by Crippen LogP contribution is -2.27. The predicted molar refractivity (Wildman–Crippen MR) is 73.8 cm³/mol. The number of hydrogen-bond acceptors (Lipinski definition) is 4. The third-order valence-electron chi connectivity index (χ3n) is 3.11. The first-order chi connectivity index (χ1) is 9.65. The molecule has 0 aliphatic carbocycles. The van der Waals surface area contributed by atoms with E-state index in [2.05, 4.69) is 10.6 Å². The number of amides is 1. The van der Waals surface area contributed by atoms with Crippen molar-refractivity contribution < 1.29 is 19.4 Å². The van der Waals surface area contributed by atoms with Crippen molar-refractivity contribution in [2.75, 3.05) is 18.5 Å². The molecule has 0 saturated carbocycles. The topological polar surface area (TPSA) is 87.7 Å². The Hall–Kier alpha value is -2.08. The van der Waals surface area contributed by atoms with Gasteiger partial charge in [-0.15, -0.1) is 0 Å². The molecule has 0 spiro atoms. The van der Waals surface area contributed by atoms with E-state index in [0.29, 0.717) is 17.9 Å². The van der Waals surface area contributed by atoms with Crippen molar-refractivity contribution in [2.45, 2.75) is 25.3 Å². The number of aliphatic carboxylic acids is 1. The van der Waals surface area contributed by atoms with Gasteiger partial charge >= 0.3 is 5.97 Å². The molecule has 0 aromatic heterocycles. The van der Waals surface area contributed by atoms with E-state index in [0.717, 1.165) is 19.4 Å². The highest BCUT2D eigenvalue weighted by Gasteiger charge is 2.18. The number of benzene rings is 1. The molecule has 2 rings (SSSR count). The first-order valence-electron chi connectivity index (χ1n) is 6.62.